The van der Waals surface area contributed by atoms with Crippen molar-refractivity contribution in [3.05, 3.63) is 23.5 Å². The van der Waals surface area contributed by atoms with Gasteiger partial charge >= 0.3 is 5.97 Å². The highest BCUT2D eigenvalue weighted by atomic mass is 16.5. The Hall–Kier alpha value is -1.95. The van der Waals surface area contributed by atoms with Gasteiger partial charge in [-0.05, 0) is 39.2 Å². The molecule has 0 atom stereocenters. The summed E-state index contributed by atoms with van der Waals surface area (Å²) in [6.45, 7) is 6.80. The number of aromatic nitrogens is 3. The third-order valence-corrected chi connectivity index (χ3v) is 4.13. The topological polar surface area (TPSA) is 83.0 Å². The van der Waals surface area contributed by atoms with Gasteiger partial charge < -0.3 is 10.5 Å². The van der Waals surface area contributed by atoms with Crippen LogP contribution in [0.3, 0.4) is 0 Å². The molecule has 0 aromatic carbocycles. The zero-order chi connectivity index (χ0) is 16.8. The Morgan fingerprint density at radius 3 is 2.50 bits per heavy atom. The van der Waals surface area contributed by atoms with E-state index in [9.17, 15) is 4.79 Å². The molecule has 0 amide bonds. The van der Waals surface area contributed by atoms with Crippen LogP contribution >= 0.6 is 0 Å². The van der Waals surface area contributed by atoms with Gasteiger partial charge in [0, 0.05) is 24.2 Å². The fourth-order valence-electron chi connectivity index (χ4n) is 2.75. The summed E-state index contributed by atoms with van der Waals surface area (Å²) in [6.07, 6.45) is 8.55. The summed E-state index contributed by atoms with van der Waals surface area (Å²) in [5.74, 6) is -0.330. The van der Waals surface area contributed by atoms with Crippen molar-refractivity contribution in [1.82, 2.24) is 14.8 Å². The van der Waals surface area contributed by atoms with Crippen LogP contribution in [-0.4, -0.2) is 33.4 Å². The van der Waals surface area contributed by atoms with Gasteiger partial charge in [0.05, 0.1) is 18.4 Å². The maximum absolute atomic E-state index is 11.7. The molecule has 0 radical (unpaired) electrons. The second kappa shape index (κ2) is 9.37. The Kier molecular flexibility index (Phi) is 7.85. The minimum Gasteiger partial charge on any atom is -0.462 e. The van der Waals surface area contributed by atoms with E-state index >= 15 is 0 Å². The van der Waals surface area contributed by atoms with E-state index in [2.05, 4.69) is 10.1 Å². The van der Waals surface area contributed by atoms with E-state index in [4.69, 9.17) is 10.5 Å². The number of carbonyl (C=O) groups is 1. The Morgan fingerprint density at radius 2 is 2.00 bits per heavy atom. The number of fused-ring (bicyclic) bond motifs is 1. The normalized spacial score (nSPS) is 14.0. The summed E-state index contributed by atoms with van der Waals surface area (Å²) in [5, 5.41) is 5.12. The number of nitrogens with two attached hydrogens (primary N) is 1. The molecule has 6 heteroatoms. The first-order chi connectivity index (χ1) is 11.1. The van der Waals surface area contributed by atoms with Gasteiger partial charge in [-0.3, -0.25) is 0 Å². The second-order valence-corrected chi connectivity index (χ2v) is 5.76. The second-order valence-electron chi connectivity index (χ2n) is 5.76. The first-order valence-corrected chi connectivity index (χ1v) is 8.32. The fraction of sp³-hybridized carbons (Fsp3) is 0.611. The molecule has 2 heterocycles. The monoisotopic (exact) mass is 334 g/mol. The molecular weight excluding hydrogens is 304 g/mol. The minimum atomic E-state index is -0.330. The summed E-state index contributed by atoms with van der Waals surface area (Å²) in [4.78, 5) is 16.0. The lowest BCUT2D eigenvalue weighted by Crippen LogP contribution is -2.13. The molecule has 1 fully saturated rings. The van der Waals surface area contributed by atoms with Gasteiger partial charge in [0.1, 0.15) is 0 Å². The lowest BCUT2D eigenvalue weighted by molar-refractivity contribution is 0.0525. The van der Waals surface area contributed by atoms with Crippen molar-refractivity contribution in [3.8, 4) is 0 Å². The summed E-state index contributed by atoms with van der Waals surface area (Å²) in [6, 6.07) is 0.546. The van der Waals surface area contributed by atoms with Crippen LogP contribution in [-0.2, 0) is 11.3 Å². The summed E-state index contributed by atoms with van der Waals surface area (Å²) < 4.78 is 6.79. The Balaban J connectivity index is 0.000000349. The van der Waals surface area contributed by atoms with Crippen LogP contribution in [0.25, 0.3) is 11.0 Å². The zero-order valence-corrected chi connectivity index (χ0v) is 14.2. The van der Waals surface area contributed by atoms with Crippen molar-refractivity contribution in [1.29, 1.82) is 0 Å². The van der Waals surface area contributed by atoms with Gasteiger partial charge in [-0.15, -0.1) is 0 Å². The van der Waals surface area contributed by atoms with Crippen molar-refractivity contribution in [2.75, 3.05) is 6.61 Å². The number of pyridine rings is 1. The fourth-order valence-corrected chi connectivity index (χ4v) is 2.75. The van der Waals surface area contributed by atoms with Gasteiger partial charge in [-0.25, -0.2) is 14.5 Å². The van der Waals surface area contributed by atoms with E-state index in [1.165, 1.54) is 25.7 Å². The highest BCUT2D eigenvalue weighted by Gasteiger charge is 2.15. The van der Waals surface area contributed by atoms with Gasteiger partial charge in [-0.1, -0.05) is 20.3 Å². The maximum atomic E-state index is 11.7. The number of hydrogen-bond acceptors (Lipinski definition) is 5. The highest BCUT2D eigenvalue weighted by molar-refractivity contribution is 5.96. The molecule has 2 aromatic heterocycles. The first kappa shape index (κ1) is 20.1. The Bertz CT molecular complexity index is 660. The van der Waals surface area contributed by atoms with Gasteiger partial charge in [-0.2, -0.15) is 5.10 Å². The highest BCUT2D eigenvalue weighted by Crippen LogP contribution is 2.20. The number of aryl methyl sites for hydroxylation is 2. The standard InChI is InChI=1S/C12H15N3O2.C5H11N.CH4/c1-4-15-11-9(7-14-15)8(3)10(6-13-11)12(16)17-5-2;6-5-3-1-2-4-5;/h6-7H,4-5H2,1-3H3;5H,1-4,6H2;1H4. The molecule has 3 rings (SSSR count). The quantitative estimate of drug-likeness (QED) is 0.869. The van der Waals surface area contributed by atoms with Crippen LogP contribution in [0.4, 0.5) is 0 Å². The molecule has 1 aliphatic carbocycles. The molecule has 0 unspecified atom stereocenters. The van der Waals surface area contributed by atoms with Crippen LogP contribution in [0, 0.1) is 6.92 Å². The average molecular weight is 334 g/mol. The van der Waals surface area contributed by atoms with E-state index < -0.39 is 0 Å². The number of rotatable bonds is 3. The molecule has 1 saturated carbocycles. The molecule has 0 saturated heterocycles. The van der Waals surface area contributed by atoms with Crippen LogP contribution in [0.15, 0.2) is 12.4 Å². The van der Waals surface area contributed by atoms with Crippen LogP contribution in [0.1, 0.15) is 62.9 Å². The molecule has 134 valence electrons. The Labute approximate surface area is 144 Å². The van der Waals surface area contributed by atoms with E-state index in [0.717, 1.165) is 23.1 Å². The Morgan fingerprint density at radius 1 is 1.33 bits per heavy atom. The van der Waals surface area contributed by atoms with Gasteiger partial charge in [0.25, 0.3) is 0 Å². The summed E-state index contributed by atoms with van der Waals surface area (Å²) in [7, 11) is 0. The molecule has 2 N–H and O–H groups in total. The molecular formula is C18H30N4O2. The predicted molar refractivity (Wildman–Crippen MR) is 97.1 cm³/mol. The molecule has 6 nitrogen and oxygen atoms in total. The van der Waals surface area contributed by atoms with Crippen molar-refractivity contribution < 1.29 is 9.53 Å². The number of hydrogen-bond donors (Lipinski definition) is 1. The van der Waals surface area contributed by atoms with E-state index in [1.54, 1.807) is 24.0 Å². The molecule has 2 aromatic rings. The largest absolute Gasteiger partial charge is 0.462 e. The van der Waals surface area contributed by atoms with E-state index in [0.29, 0.717) is 18.2 Å². The molecule has 0 spiro atoms. The molecule has 24 heavy (non-hydrogen) atoms. The van der Waals surface area contributed by atoms with Crippen molar-refractivity contribution >= 4 is 17.0 Å². The SMILES string of the molecule is C.CCOC(=O)c1cnc2c(cnn2CC)c1C.NC1CCCC1. The van der Waals surface area contributed by atoms with Gasteiger partial charge in [0.15, 0.2) is 5.65 Å². The average Bonchev–Trinajstić information content (AvgIpc) is 3.17. The number of carbonyl (C=O) groups excluding carboxylic acids is 1. The summed E-state index contributed by atoms with van der Waals surface area (Å²) >= 11 is 0. The van der Waals surface area contributed by atoms with E-state index in [-0.39, 0.29) is 13.4 Å². The van der Waals surface area contributed by atoms with Crippen LogP contribution in [0.5, 0.6) is 0 Å². The molecule has 0 bridgehead atoms. The third kappa shape index (κ3) is 4.54. The molecule has 0 aliphatic heterocycles. The zero-order valence-electron chi connectivity index (χ0n) is 14.2. The first-order valence-electron chi connectivity index (χ1n) is 8.32. The van der Waals surface area contributed by atoms with Gasteiger partial charge in [0.2, 0.25) is 0 Å². The van der Waals surface area contributed by atoms with E-state index in [1.807, 2.05) is 13.8 Å². The number of ether oxygens (including phenoxy) is 1. The van der Waals surface area contributed by atoms with Crippen molar-refractivity contribution in [2.45, 2.75) is 66.5 Å². The van der Waals surface area contributed by atoms with Crippen molar-refractivity contribution in [2.24, 2.45) is 5.73 Å². The number of nitrogens with zero attached hydrogens (tertiary/aromatic N) is 3. The summed E-state index contributed by atoms with van der Waals surface area (Å²) in [5.41, 5.74) is 7.72. The molecule has 1 aliphatic rings. The minimum absolute atomic E-state index is 0. The third-order valence-electron chi connectivity index (χ3n) is 4.13. The van der Waals surface area contributed by atoms with Crippen LogP contribution in [0.2, 0.25) is 0 Å². The lowest BCUT2D eigenvalue weighted by Gasteiger charge is -2.06. The maximum Gasteiger partial charge on any atom is 0.339 e. The predicted octanol–water partition coefficient (Wildman–Crippen LogP) is 3.46. The number of esters is 1. The van der Waals surface area contributed by atoms with Crippen molar-refractivity contribution in [3.63, 3.8) is 0 Å². The lowest BCUT2D eigenvalue weighted by atomic mass is 10.1. The van der Waals surface area contributed by atoms with Crippen LogP contribution < -0.4 is 5.73 Å². The smallest absolute Gasteiger partial charge is 0.339 e.